The van der Waals surface area contributed by atoms with Gasteiger partial charge in [-0.2, -0.15) is 0 Å². The van der Waals surface area contributed by atoms with Crippen molar-refractivity contribution in [1.82, 2.24) is 0 Å². The van der Waals surface area contributed by atoms with Crippen molar-refractivity contribution in [2.24, 2.45) is 11.1 Å². The van der Waals surface area contributed by atoms with Crippen molar-refractivity contribution in [2.75, 3.05) is 0 Å². The van der Waals surface area contributed by atoms with Gasteiger partial charge in [0.15, 0.2) is 0 Å². The molecule has 0 unspecified atom stereocenters. The number of nitrogens with two attached hydrogens (primary N) is 1. The first-order valence-electron chi connectivity index (χ1n) is 5.88. The molecule has 0 aromatic heterocycles. The van der Waals surface area contributed by atoms with Crippen LogP contribution >= 0.6 is 0 Å². The molecule has 0 aromatic rings. The van der Waals surface area contributed by atoms with E-state index < -0.39 is 0 Å². The Morgan fingerprint density at radius 3 is 2.57 bits per heavy atom. The summed E-state index contributed by atoms with van der Waals surface area (Å²) in [6.45, 7) is 9.17. The van der Waals surface area contributed by atoms with E-state index in [1.54, 1.807) is 11.1 Å². The highest BCUT2D eigenvalue weighted by molar-refractivity contribution is 5.22. The van der Waals surface area contributed by atoms with E-state index in [2.05, 4.69) is 27.7 Å². The molecule has 0 fully saturated rings. The molecule has 1 aliphatic rings. The zero-order valence-corrected chi connectivity index (χ0v) is 10.2. The highest BCUT2D eigenvalue weighted by Crippen LogP contribution is 2.42. The number of allylic oxidation sites excluding steroid dienone is 2. The standard InChI is InChI=1S/C13H25N/c1-10-6-5-9-13(3,4)12(10)8-7-11(2)14/h11H,5-9,14H2,1-4H3/t11-/m1/s1. The van der Waals surface area contributed by atoms with Crippen LogP contribution in [-0.2, 0) is 0 Å². The average molecular weight is 195 g/mol. The van der Waals surface area contributed by atoms with Gasteiger partial charge in [-0.05, 0) is 51.4 Å². The molecule has 0 saturated carbocycles. The SMILES string of the molecule is CC1=C(CC[C@@H](C)N)C(C)(C)CCC1. The molecule has 82 valence electrons. The highest BCUT2D eigenvalue weighted by atomic mass is 14.6. The fourth-order valence-electron chi connectivity index (χ4n) is 2.60. The first kappa shape index (κ1) is 11.8. The van der Waals surface area contributed by atoms with E-state index in [0.717, 1.165) is 6.42 Å². The predicted molar refractivity (Wildman–Crippen MR) is 63.2 cm³/mol. The second-order valence-corrected chi connectivity index (χ2v) is 5.51. The second-order valence-electron chi connectivity index (χ2n) is 5.51. The van der Waals surface area contributed by atoms with Gasteiger partial charge in [0.05, 0.1) is 0 Å². The molecule has 0 spiro atoms. The van der Waals surface area contributed by atoms with Gasteiger partial charge in [-0.3, -0.25) is 0 Å². The quantitative estimate of drug-likeness (QED) is 0.684. The summed E-state index contributed by atoms with van der Waals surface area (Å²) in [5, 5.41) is 0. The Hall–Kier alpha value is -0.300. The van der Waals surface area contributed by atoms with Crippen molar-refractivity contribution in [1.29, 1.82) is 0 Å². The van der Waals surface area contributed by atoms with Crippen molar-refractivity contribution in [3.63, 3.8) is 0 Å². The van der Waals surface area contributed by atoms with E-state index in [-0.39, 0.29) is 0 Å². The van der Waals surface area contributed by atoms with Crippen LogP contribution in [0.3, 0.4) is 0 Å². The van der Waals surface area contributed by atoms with Crippen molar-refractivity contribution >= 4 is 0 Å². The zero-order valence-electron chi connectivity index (χ0n) is 10.2. The van der Waals surface area contributed by atoms with Crippen LogP contribution in [0.2, 0.25) is 0 Å². The van der Waals surface area contributed by atoms with Crippen LogP contribution in [0.25, 0.3) is 0 Å². The van der Waals surface area contributed by atoms with Crippen molar-refractivity contribution in [3.8, 4) is 0 Å². The lowest BCUT2D eigenvalue weighted by molar-refractivity contribution is 0.349. The molecule has 1 nitrogen and oxygen atoms in total. The summed E-state index contributed by atoms with van der Waals surface area (Å²) in [5.74, 6) is 0. The summed E-state index contributed by atoms with van der Waals surface area (Å²) in [4.78, 5) is 0. The molecule has 0 amide bonds. The Kier molecular flexibility index (Phi) is 3.77. The predicted octanol–water partition coefficient (Wildman–Crippen LogP) is 3.64. The molecule has 0 aromatic carbocycles. The molecule has 1 atom stereocenters. The average Bonchev–Trinajstić information content (AvgIpc) is 2.01. The summed E-state index contributed by atoms with van der Waals surface area (Å²) in [6.07, 6.45) is 6.35. The zero-order chi connectivity index (χ0) is 10.8. The molecule has 1 aliphatic carbocycles. The van der Waals surface area contributed by atoms with Crippen LogP contribution in [0.4, 0.5) is 0 Å². The molecule has 2 N–H and O–H groups in total. The molecule has 1 rings (SSSR count). The summed E-state index contributed by atoms with van der Waals surface area (Å²) in [7, 11) is 0. The van der Waals surface area contributed by atoms with Crippen LogP contribution in [0.1, 0.15) is 59.8 Å². The van der Waals surface area contributed by atoms with Crippen molar-refractivity contribution in [2.45, 2.75) is 65.8 Å². The Bertz CT molecular complexity index is 223. The molecular formula is C13H25N. The number of hydrogen-bond donors (Lipinski definition) is 1. The minimum absolute atomic E-state index is 0.341. The molecule has 0 bridgehead atoms. The van der Waals surface area contributed by atoms with E-state index in [0.29, 0.717) is 11.5 Å². The summed E-state index contributed by atoms with van der Waals surface area (Å²) >= 11 is 0. The van der Waals surface area contributed by atoms with Crippen LogP contribution in [0, 0.1) is 5.41 Å². The Morgan fingerprint density at radius 2 is 2.07 bits per heavy atom. The third kappa shape index (κ3) is 2.84. The highest BCUT2D eigenvalue weighted by Gasteiger charge is 2.27. The maximum Gasteiger partial charge on any atom is 0.00135 e. The minimum Gasteiger partial charge on any atom is -0.328 e. The largest absolute Gasteiger partial charge is 0.328 e. The van der Waals surface area contributed by atoms with Crippen LogP contribution < -0.4 is 5.73 Å². The van der Waals surface area contributed by atoms with Gasteiger partial charge in [-0.25, -0.2) is 0 Å². The smallest absolute Gasteiger partial charge is 0.00135 e. The van der Waals surface area contributed by atoms with Gasteiger partial charge in [0.2, 0.25) is 0 Å². The van der Waals surface area contributed by atoms with E-state index in [1.165, 1.54) is 25.7 Å². The fourth-order valence-corrected chi connectivity index (χ4v) is 2.60. The topological polar surface area (TPSA) is 26.0 Å². The monoisotopic (exact) mass is 195 g/mol. The van der Waals surface area contributed by atoms with E-state index in [4.69, 9.17) is 5.73 Å². The summed E-state index contributed by atoms with van der Waals surface area (Å²) in [6, 6.07) is 0.341. The van der Waals surface area contributed by atoms with Gasteiger partial charge < -0.3 is 5.73 Å². The molecular weight excluding hydrogens is 170 g/mol. The Balaban J connectivity index is 2.70. The van der Waals surface area contributed by atoms with Crippen molar-refractivity contribution in [3.05, 3.63) is 11.1 Å². The molecule has 14 heavy (non-hydrogen) atoms. The molecule has 1 heteroatoms. The van der Waals surface area contributed by atoms with Gasteiger partial charge in [0.25, 0.3) is 0 Å². The first-order valence-corrected chi connectivity index (χ1v) is 5.88. The maximum absolute atomic E-state index is 5.82. The fraction of sp³-hybridized carbons (Fsp3) is 0.846. The Morgan fingerprint density at radius 1 is 1.43 bits per heavy atom. The number of rotatable bonds is 3. The van der Waals surface area contributed by atoms with Gasteiger partial charge in [-0.1, -0.05) is 25.0 Å². The molecule has 0 heterocycles. The normalized spacial score (nSPS) is 23.8. The lowest BCUT2D eigenvalue weighted by Crippen LogP contribution is -2.23. The third-order valence-corrected chi connectivity index (χ3v) is 3.54. The summed E-state index contributed by atoms with van der Waals surface area (Å²) < 4.78 is 0. The van der Waals surface area contributed by atoms with Crippen molar-refractivity contribution < 1.29 is 0 Å². The van der Waals surface area contributed by atoms with Crippen LogP contribution in [0.5, 0.6) is 0 Å². The number of hydrogen-bond acceptors (Lipinski definition) is 1. The molecule has 0 radical (unpaired) electrons. The first-order chi connectivity index (χ1) is 6.43. The van der Waals surface area contributed by atoms with Crippen LogP contribution in [0.15, 0.2) is 11.1 Å². The lowest BCUT2D eigenvalue weighted by atomic mass is 9.71. The van der Waals surface area contributed by atoms with Gasteiger partial charge in [0, 0.05) is 6.04 Å². The van der Waals surface area contributed by atoms with E-state index in [9.17, 15) is 0 Å². The second kappa shape index (κ2) is 4.48. The maximum atomic E-state index is 5.82. The van der Waals surface area contributed by atoms with Crippen LogP contribution in [-0.4, -0.2) is 6.04 Å². The molecule has 0 saturated heterocycles. The van der Waals surface area contributed by atoms with E-state index >= 15 is 0 Å². The third-order valence-electron chi connectivity index (χ3n) is 3.54. The Labute approximate surface area is 88.8 Å². The van der Waals surface area contributed by atoms with Gasteiger partial charge in [-0.15, -0.1) is 0 Å². The van der Waals surface area contributed by atoms with E-state index in [1.807, 2.05) is 0 Å². The molecule has 0 aliphatic heterocycles. The van der Waals surface area contributed by atoms with Gasteiger partial charge >= 0.3 is 0 Å². The lowest BCUT2D eigenvalue weighted by Gasteiger charge is -2.35. The van der Waals surface area contributed by atoms with Gasteiger partial charge in [0.1, 0.15) is 0 Å². The minimum atomic E-state index is 0.341. The summed E-state index contributed by atoms with van der Waals surface area (Å²) in [5.41, 5.74) is 9.56.